The first-order valence-electron chi connectivity index (χ1n) is 5.82. The first-order chi connectivity index (χ1) is 9.04. The van der Waals surface area contributed by atoms with E-state index in [0.29, 0.717) is 10.8 Å². The van der Waals surface area contributed by atoms with Crippen molar-refractivity contribution in [1.29, 1.82) is 0 Å². The van der Waals surface area contributed by atoms with E-state index in [4.69, 9.17) is 11.6 Å². The molecule has 1 heterocycles. The van der Waals surface area contributed by atoms with Crippen LogP contribution in [0.4, 0.5) is 5.82 Å². The van der Waals surface area contributed by atoms with Crippen molar-refractivity contribution < 1.29 is 4.79 Å². The second kappa shape index (κ2) is 5.71. The van der Waals surface area contributed by atoms with Crippen molar-refractivity contribution in [2.75, 3.05) is 5.32 Å². The second-order valence-corrected chi connectivity index (χ2v) is 4.67. The molecule has 5 heteroatoms. The summed E-state index contributed by atoms with van der Waals surface area (Å²) in [5, 5.41) is 10.0. The third-order valence-corrected chi connectivity index (χ3v) is 2.99. The van der Waals surface area contributed by atoms with Crippen LogP contribution in [-0.4, -0.2) is 16.1 Å². The molecule has 0 atom stereocenters. The Hall–Kier alpha value is -2.07. The summed E-state index contributed by atoms with van der Waals surface area (Å²) >= 11 is 6.01. The van der Waals surface area contributed by atoms with Crippen LogP contribution < -0.4 is 5.32 Å². The summed E-state index contributed by atoms with van der Waals surface area (Å²) < 4.78 is 0. The van der Waals surface area contributed by atoms with Gasteiger partial charge >= 0.3 is 0 Å². The van der Waals surface area contributed by atoms with Gasteiger partial charge in [-0.1, -0.05) is 23.7 Å². The number of rotatable bonds is 3. The van der Waals surface area contributed by atoms with E-state index in [1.165, 1.54) is 6.08 Å². The number of aryl methyl sites for hydroxylation is 2. The normalized spacial score (nSPS) is 10.9. The zero-order valence-corrected chi connectivity index (χ0v) is 11.5. The first-order valence-corrected chi connectivity index (χ1v) is 6.19. The van der Waals surface area contributed by atoms with E-state index in [1.54, 1.807) is 12.1 Å². The van der Waals surface area contributed by atoms with Gasteiger partial charge in [-0.25, -0.2) is 0 Å². The molecule has 19 heavy (non-hydrogen) atoms. The molecular formula is C14H14ClN3O. The SMILES string of the molecule is Cc1cc(NC(=O)C=Cc2ccc(C)c(Cl)c2)n[nH]1. The number of aromatic nitrogens is 2. The molecule has 0 saturated heterocycles. The average Bonchev–Trinajstić information content (AvgIpc) is 2.76. The van der Waals surface area contributed by atoms with Crippen LogP contribution in [0.3, 0.4) is 0 Å². The molecule has 0 unspecified atom stereocenters. The minimum absolute atomic E-state index is 0.233. The number of H-pyrrole nitrogens is 1. The lowest BCUT2D eigenvalue weighted by molar-refractivity contribution is -0.111. The Labute approximate surface area is 116 Å². The number of hydrogen-bond donors (Lipinski definition) is 2. The molecule has 98 valence electrons. The highest BCUT2D eigenvalue weighted by atomic mass is 35.5. The van der Waals surface area contributed by atoms with E-state index < -0.39 is 0 Å². The van der Waals surface area contributed by atoms with Crippen LogP contribution in [0, 0.1) is 13.8 Å². The molecule has 2 rings (SSSR count). The third kappa shape index (κ3) is 3.69. The van der Waals surface area contributed by atoms with E-state index in [1.807, 2.05) is 32.0 Å². The summed E-state index contributed by atoms with van der Waals surface area (Å²) in [6, 6.07) is 7.40. The second-order valence-electron chi connectivity index (χ2n) is 4.27. The van der Waals surface area contributed by atoms with Crippen LogP contribution in [0.5, 0.6) is 0 Å². The van der Waals surface area contributed by atoms with Gasteiger partial charge in [-0.2, -0.15) is 5.10 Å². The molecule has 0 saturated carbocycles. The molecule has 2 aromatic rings. The maximum Gasteiger partial charge on any atom is 0.249 e. The summed E-state index contributed by atoms with van der Waals surface area (Å²) in [5.41, 5.74) is 2.78. The van der Waals surface area contributed by atoms with Crippen LogP contribution in [-0.2, 0) is 4.79 Å². The lowest BCUT2D eigenvalue weighted by atomic mass is 10.1. The summed E-state index contributed by atoms with van der Waals surface area (Å²) in [6.07, 6.45) is 3.16. The molecule has 4 nitrogen and oxygen atoms in total. The van der Waals surface area contributed by atoms with E-state index >= 15 is 0 Å². The molecule has 0 bridgehead atoms. The minimum atomic E-state index is -0.233. The highest BCUT2D eigenvalue weighted by molar-refractivity contribution is 6.31. The van der Waals surface area contributed by atoms with Gasteiger partial charge < -0.3 is 5.32 Å². The molecular weight excluding hydrogens is 262 g/mol. The summed E-state index contributed by atoms with van der Waals surface area (Å²) in [6.45, 7) is 3.80. The smallest absolute Gasteiger partial charge is 0.249 e. The van der Waals surface area contributed by atoms with Crippen LogP contribution in [0.1, 0.15) is 16.8 Å². The number of anilines is 1. The lowest BCUT2D eigenvalue weighted by Crippen LogP contribution is -2.07. The van der Waals surface area contributed by atoms with Gasteiger partial charge in [-0.05, 0) is 37.1 Å². The van der Waals surface area contributed by atoms with Gasteiger partial charge in [-0.15, -0.1) is 0 Å². The number of carbonyl (C=O) groups excluding carboxylic acids is 1. The highest BCUT2D eigenvalue weighted by Crippen LogP contribution is 2.17. The maximum atomic E-state index is 11.7. The zero-order valence-electron chi connectivity index (χ0n) is 10.7. The molecule has 1 aromatic heterocycles. The predicted octanol–water partition coefficient (Wildman–Crippen LogP) is 3.33. The topological polar surface area (TPSA) is 57.8 Å². The summed E-state index contributed by atoms with van der Waals surface area (Å²) in [7, 11) is 0. The largest absolute Gasteiger partial charge is 0.306 e. The number of benzene rings is 1. The Bertz CT molecular complexity index is 631. The summed E-state index contributed by atoms with van der Waals surface area (Å²) in [4.78, 5) is 11.7. The van der Waals surface area contributed by atoms with Crippen molar-refractivity contribution in [2.24, 2.45) is 0 Å². The van der Waals surface area contributed by atoms with Gasteiger partial charge in [-0.3, -0.25) is 9.89 Å². The standard InChI is InChI=1S/C14H14ClN3O/c1-9-3-4-11(8-12(9)15)5-6-14(19)16-13-7-10(2)17-18-13/h3-8H,1-2H3,(H2,16,17,18,19). The number of halogens is 1. The Balaban J connectivity index is 2.01. The average molecular weight is 276 g/mol. The number of hydrogen-bond acceptors (Lipinski definition) is 2. The fourth-order valence-electron chi connectivity index (χ4n) is 1.53. The van der Waals surface area contributed by atoms with Crippen LogP contribution in [0.2, 0.25) is 5.02 Å². The van der Waals surface area contributed by atoms with Gasteiger partial charge in [0.25, 0.3) is 0 Å². The van der Waals surface area contributed by atoms with Gasteiger partial charge in [0.1, 0.15) is 0 Å². The minimum Gasteiger partial charge on any atom is -0.306 e. The molecule has 1 amide bonds. The Kier molecular flexibility index (Phi) is 4.02. The summed E-state index contributed by atoms with van der Waals surface area (Å²) in [5.74, 6) is 0.275. The van der Waals surface area contributed by atoms with Crippen molar-refractivity contribution in [3.63, 3.8) is 0 Å². The zero-order chi connectivity index (χ0) is 13.8. The van der Waals surface area contributed by atoms with Crippen molar-refractivity contribution >= 4 is 29.4 Å². The van der Waals surface area contributed by atoms with E-state index in [-0.39, 0.29) is 5.91 Å². The van der Waals surface area contributed by atoms with Gasteiger partial charge in [0.05, 0.1) is 0 Å². The molecule has 1 aromatic carbocycles. The molecule has 0 aliphatic rings. The monoisotopic (exact) mass is 275 g/mol. The van der Waals surface area contributed by atoms with E-state index in [0.717, 1.165) is 16.8 Å². The number of aromatic amines is 1. The van der Waals surface area contributed by atoms with E-state index in [2.05, 4.69) is 15.5 Å². The first kappa shape index (κ1) is 13.4. The number of nitrogens with one attached hydrogen (secondary N) is 2. The lowest BCUT2D eigenvalue weighted by Gasteiger charge is -1.99. The molecule has 0 fully saturated rings. The number of amides is 1. The molecule has 0 aliphatic heterocycles. The maximum absolute atomic E-state index is 11.7. The van der Waals surface area contributed by atoms with Crippen molar-refractivity contribution in [3.05, 3.63) is 52.2 Å². The van der Waals surface area contributed by atoms with Crippen LogP contribution in [0.15, 0.2) is 30.3 Å². The fraction of sp³-hybridized carbons (Fsp3) is 0.143. The Morgan fingerprint density at radius 1 is 1.37 bits per heavy atom. The van der Waals surface area contributed by atoms with E-state index in [9.17, 15) is 4.79 Å². The molecule has 2 N–H and O–H groups in total. The number of carbonyl (C=O) groups is 1. The van der Waals surface area contributed by atoms with Crippen LogP contribution >= 0.6 is 11.6 Å². The fourth-order valence-corrected chi connectivity index (χ4v) is 1.72. The molecule has 0 aliphatic carbocycles. The predicted molar refractivity (Wildman–Crippen MR) is 77.2 cm³/mol. The van der Waals surface area contributed by atoms with Gasteiger partial charge in [0.2, 0.25) is 5.91 Å². The quantitative estimate of drug-likeness (QED) is 0.844. The Morgan fingerprint density at radius 3 is 2.79 bits per heavy atom. The van der Waals surface area contributed by atoms with Gasteiger partial charge in [0.15, 0.2) is 5.82 Å². The Morgan fingerprint density at radius 2 is 2.16 bits per heavy atom. The van der Waals surface area contributed by atoms with Crippen LogP contribution in [0.25, 0.3) is 6.08 Å². The van der Waals surface area contributed by atoms with Crippen molar-refractivity contribution in [3.8, 4) is 0 Å². The van der Waals surface area contributed by atoms with Crippen molar-refractivity contribution in [1.82, 2.24) is 10.2 Å². The third-order valence-electron chi connectivity index (χ3n) is 2.58. The number of nitrogens with zero attached hydrogens (tertiary/aromatic N) is 1. The van der Waals surface area contributed by atoms with Crippen molar-refractivity contribution in [2.45, 2.75) is 13.8 Å². The van der Waals surface area contributed by atoms with Gasteiger partial charge in [0, 0.05) is 22.9 Å². The molecule has 0 radical (unpaired) electrons. The molecule has 0 spiro atoms. The highest BCUT2D eigenvalue weighted by Gasteiger charge is 2.01.